The Bertz CT molecular complexity index is 785. The summed E-state index contributed by atoms with van der Waals surface area (Å²) in [7, 11) is 3.67. The summed E-state index contributed by atoms with van der Waals surface area (Å²) in [5, 5.41) is 6.30. The summed E-state index contributed by atoms with van der Waals surface area (Å²) in [5.41, 5.74) is 1.83. The van der Waals surface area contributed by atoms with Crippen LogP contribution < -0.4 is 0 Å². The molecule has 3 aromatic heterocycles. The first-order valence-corrected chi connectivity index (χ1v) is 7.89. The second kappa shape index (κ2) is 5.81. The molecule has 3 heterocycles. The minimum Gasteiger partial charge on any atom is -0.336 e. The minimum absolute atomic E-state index is 0.0235. The lowest BCUT2D eigenvalue weighted by Crippen LogP contribution is -2.27. The van der Waals surface area contributed by atoms with Crippen molar-refractivity contribution in [1.82, 2.24) is 19.2 Å². The Morgan fingerprint density at radius 1 is 1.36 bits per heavy atom. The molecule has 0 saturated carbocycles. The number of rotatable bonds is 4. The summed E-state index contributed by atoms with van der Waals surface area (Å²) >= 11 is 1.68. The van der Waals surface area contributed by atoms with E-state index in [-0.39, 0.29) is 5.91 Å². The Kier molecular flexibility index (Phi) is 3.85. The van der Waals surface area contributed by atoms with Gasteiger partial charge in [-0.1, -0.05) is 0 Å². The molecular formula is C16H18N4OS. The first-order valence-electron chi connectivity index (χ1n) is 7.01. The minimum atomic E-state index is -0.0235. The van der Waals surface area contributed by atoms with Crippen LogP contribution in [0.15, 0.2) is 42.2 Å². The third-order valence-corrected chi connectivity index (χ3v) is 4.69. The number of thiophene rings is 1. The van der Waals surface area contributed by atoms with E-state index in [1.54, 1.807) is 27.1 Å². The molecule has 114 valence electrons. The van der Waals surface area contributed by atoms with E-state index in [0.29, 0.717) is 12.1 Å². The predicted octanol–water partition coefficient (Wildman–Crippen LogP) is 2.85. The van der Waals surface area contributed by atoms with Crippen LogP contribution in [0.2, 0.25) is 0 Å². The maximum Gasteiger partial charge on any atom is 0.259 e. The van der Waals surface area contributed by atoms with Crippen molar-refractivity contribution in [2.24, 2.45) is 7.05 Å². The van der Waals surface area contributed by atoms with Crippen molar-refractivity contribution in [2.75, 3.05) is 7.05 Å². The smallest absolute Gasteiger partial charge is 0.259 e. The number of carbonyl (C=O) groups excluding carboxylic acids is 1. The third kappa shape index (κ3) is 2.57. The molecule has 0 aliphatic heterocycles. The monoisotopic (exact) mass is 314 g/mol. The fraction of sp³-hybridized carbons (Fsp3) is 0.250. The fourth-order valence-corrected chi connectivity index (χ4v) is 3.38. The maximum absolute atomic E-state index is 12.8. The lowest BCUT2D eigenvalue weighted by atomic mass is 10.2. The SMILES string of the molecule is Cc1ccsc1CN(C)C(=O)c1cnn(C)c1-n1cccc1. The Hall–Kier alpha value is -2.34. The molecule has 5 nitrogen and oxygen atoms in total. The van der Waals surface area contributed by atoms with E-state index < -0.39 is 0 Å². The predicted molar refractivity (Wildman–Crippen MR) is 87.4 cm³/mol. The molecule has 0 bridgehead atoms. The molecule has 6 heteroatoms. The average molecular weight is 314 g/mol. The van der Waals surface area contributed by atoms with Gasteiger partial charge in [-0.3, -0.25) is 9.48 Å². The average Bonchev–Trinajstić information content (AvgIpc) is 3.20. The van der Waals surface area contributed by atoms with Crippen LogP contribution in [-0.4, -0.2) is 32.2 Å². The molecule has 0 aliphatic rings. The summed E-state index contributed by atoms with van der Waals surface area (Å²) in [6, 6.07) is 5.94. The van der Waals surface area contributed by atoms with Crippen LogP contribution in [0.25, 0.3) is 5.82 Å². The van der Waals surface area contributed by atoms with Crippen molar-refractivity contribution >= 4 is 17.2 Å². The van der Waals surface area contributed by atoms with Crippen molar-refractivity contribution in [3.8, 4) is 5.82 Å². The van der Waals surface area contributed by atoms with E-state index in [2.05, 4.69) is 23.5 Å². The zero-order valence-corrected chi connectivity index (χ0v) is 13.7. The highest BCUT2D eigenvalue weighted by molar-refractivity contribution is 7.10. The summed E-state index contributed by atoms with van der Waals surface area (Å²) < 4.78 is 3.63. The first kappa shape index (κ1) is 14.6. The fourth-order valence-electron chi connectivity index (χ4n) is 2.42. The van der Waals surface area contributed by atoms with Crippen molar-refractivity contribution in [1.29, 1.82) is 0 Å². The molecule has 0 atom stereocenters. The number of nitrogens with zero attached hydrogens (tertiary/aromatic N) is 4. The van der Waals surface area contributed by atoms with Gasteiger partial charge in [0.2, 0.25) is 0 Å². The van der Waals surface area contributed by atoms with Crippen LogP contribution in [0.5, 0.6) is 0 Å². The van der Waals surface area contributed by atoms with Gasteiger partial charge in [0, 0.05) is 31.4 Å². The zero-order chi connectivity index (χ0) is 15.7. The third-order valence-electron chi connectivity index (χ3n) is 3.68. The summed E-state index contributed by atoms with van der Waals surface area (Å²) in [6.07, 6.45) is 5.46. The van der Waals surface area contributed by atoms with Gasteiger partial charge in [-0.25, -0.2) is 0 Å². The Labute approximate surface area is 133 Å². The number of amides is 1. The van der Waals surface area contributed by atoms with Crippen molar-refractivity contribution < 1.29 is 4.79 Å². The van der Waals surface area contributed by atoms with E-state index in [1.165, 1.54) is 10.4 Å². The second-order valence-corrected chi connectivity index (χ2v) is 6.28. The lowest BCUT2D eigenvalue weighted by Gasteiger charge is -2.17. The molecule has 0 saturated heterocycles. The van der Waals surface area contributed by atoms with Gasteiger partial charge < -0.3 is 9.47 Å². The van der Waals surface area contributed by atoms with E-state index in [9.17, 15) is 4.79 Å². The molecule has 1 amide bonds. The zero-order valence-electron chi connectivity index (χ0n) is 12.9. The largest absolute Gasteiger partial charge is 0.336 e. The number of carbonyl (C=O) groups is 1. The van der Waals surface area contributed by atoms with Gasteiger partial charge in [-0.05, 0) is 36.1 Å². The second-order valence-electron chi connectivity index (χ2n) is 5.28. The molecule has 22 heavy (non-hydrogen) atoms. The highest BCUT2D eigenvalue weighted by Crippen LogP contribution is 2.20. The Morgan fingerprint density at radius 2 is 2.09 bits per heavy atom. The van der Waals surface area contributed by atoms with Crippen LogP contribution >= 0.6 is 11.3 Å². The van der Waals surface area contributed by atoms with Crippen LogP contribution in [0.4, 0.5) is 0 Å². The van der Waals surface area contributed by atoms with Crippen LogP contribution in [0.1, 0.15) is 20.8 Å². The number of aromatic nitrogens is 3. The van der Waals surface area contributed by atoms with Gasteiger partial charge in [0.25, 0.3) is 5.91 Å². The van der Waals surface area contributed by atoms with Gasteiger partial charge in [0.1, 0.15) is 11.4 Å². The summed E-state index contributed by atoms with van der Waals surface area (Å²) in [6.45, 7) is 2.68. The summed E-state index contributed by atoms with van der Waals surface area (Å²) in [5.74, 6) is 0.759. The van der Waals surface area contributed by atoms with Gasteiger partial charge in [-0.15, -0.1) is 11.3 Å². The van der Waals surface area contributed by atoms with E-state index >= 15 is 0 Å². The van der Waals surface area contributed by atoms with E-state index in [1.807, 2.05) is 43.2 Å². The molecule has 0 aliphatic carbocycles. The molecule has 0 radical (unpaired) electrons. The standard InChI is InChI=1S/C16H18N4OS/c1-12-6-9-22-14(12)11-18(2)16(21)13-10-17-19(3)15(13)20-7-4-5-8-20/h4-10H,11H2,1-3H3. The van der Waals surface area contributed by atoms with Gasteiger partial charge >= 0.3 is 0 Å². The molecule has 0 unspecified atom stereocenters. The topological polar surface area (TPSA) is 43.1 Å². The quantitative estimate of drug-likeness (QED) is 0.743. The van der Waals surface area contributed by atoms with Crippen molar-refractivity contribution in [3.05, 3.63) is 58.2 Å². The van der Waals surface area contributed by atoms with E-state index in [4.69, 9.17) is 0 Å². The molecule has 0 fully saturated rings. The molecular weight excluding hydrogens is 296 g/mol. The molecule has 0 spiro atoms. The number of aryl methyl sites for hydroxylation is 2. The molecule has 0 N–H and O–H groups in total. The van der Waals surface area contributed by atoms with Crippen LogP contribution in [-0.2, 0) is 13.6 Å². The molecule has 3 aromatic rings. The van der Waals surface area contributed by atoms with Crippen molar-refractivity contribution in [3.63, 3.8) is 0 Å². The normalized spacial score (nSPS) is 10.9. The Morgan fingerprint density at radius 3 is 2.73 bits per heavy atom. The molecule has 0 aromatic carbocycles. The highest BCUT2D eigenvalue weighted by atomic mass is 32.1. The molecule has 3 rings (SSSR count). The Balaban J connectivity index is 1.88. The first-order chi connectivity index (χ1) is 10.6. The summed E-state index contributed by atoms with van der Waals surface area (Å²) in [4.78, 5) is 15.7. The van der Waals surface area contributed by atoms with Gasteiger partial charge in [0.15, 0.2) is 0 Å². The maximum atomic E-state index is 12.8. The van der Waals surface area contributed by atoms with Gasteiger partial charge in [0.05, 0.1) is 12.7 Å². The van der Waals surface area contributed by atoms with Crippen LogP contribution in [0, 0.1) is 6.92 Å². The highest BCUT2D eigenvalue weighted by Gasteiger charge is 2.21. The van der Waals surface area contributed by atoms with Crippen molar-refractivity contribution in [2.45, 2.75) is 13.5 Å². The van der Waals surface area contributed by atoms with Gasteiger partial charge in [-0.2, -0.15) is 5.10 Å². The van der Waals surface area contributed by atoms with Crippen LogP contribution in [0.3, 0.4) is 0 Å². The van der Waals surface area contributed by atoms with E-state index in [0.717, 1.165) is 5.82 Å². The lowest BCUT2D eigenvalue weighted by molar-refractivity contribution is 0.0786. The number of hydrogen-bond donors (Lipinski definition) is 0. The number of hydrogen-bond acceptors (Lipinski definition) is 3.